The molecule has 35 heavy (non-hydrogen) atoms. The maximum atomic E-state index is 8.25. The van der Waals surface area contributed by atoms with Crippen molar-refractivity contribution in [2.45, 2.75) is 168 Å². The molecular weight excluding hydrogens is 438 g/mol. The number of unbranched alkanes of at least 4 members (excludes halogenated alkanes) is 20. The van der Waals surface area contributed by atoms with Crippen LogP contribution in [0.15, 0.2) is 18.7 Å². The highest BCUT2D eigenvalue weighted by Gasteiger charge is 2.03. The van der Waals surface area contributed by atoms with E-state index >= 15 is 0 Å². The van der Waals surface area contributed by atoms with Crippen LogP contribution in [0.4, 0.5) is 0 Å². The van der Waals surface area contributed by atoms with Crippen molar-refractivity contribution in [3.05, 3.63) is 34.0 Å². The molecule has 0 unspecified atom stereocenters. The second-order valence-corrected chi connectivity index (χ2v) is 10.2. The summed E-state index contributed by atoms with van der Waals surface area (Å²) < 4.78 is 4.77. The Bertz CT molecular complexity index is 559. The number of rotatable bonds is 24. The number of aryl methyl sites for hydroxylation is 2. The van der Waals surface area contributed by atoms with E-state index in [1.807, 2.05) is 0 Å². The third-order valence-corrected chi connectivity index (χ3v) is 6.79. The fourth-order valence-electron chi connectivity index (χ4n) is 4.62. The predicted octanol–water partition coefficient (Wildman–Crippen LogP) is 9.16. The van der Waals surface area contributed by atoms with Crippen molar-refractivity contribution in [2.75, 3.05) is 0 Å². The summed E-state index contributed by atoms with van der Waals surface area (Å²) in [6.07, 6.45) is 38.2. The predicted molar refractivity (Wildman–Crippen MR) is 148 cm³/mol. The van der Waals surface area contributed by atoms with Gasteiger partial charge in [0, 0.05) is 0 Å². The molecule has 0 fully saturated rings. The van der Waals surface area contributed by atoms with Crippen LogP contribution >= 0.6 is 0 Å². The Morgan fingerprint density at radius 3 is 1.34 bits per heavy atom. The first kappa shape index (κ1) is 33.4. The molecule has 0 N–H and O–H groups in total. The number of hydrogen-bond donors (Lipinski definition) is 0. The molecule has 0 aromatic carbocycles. The Hall–Kier alpha value is -1.59. The van der Waals surface area contributed by atoms with E-state index in [1.54, 1.807) is 0 Å². The molecular formula is C29H57N3O3. The molecule has 0 atom stereocenters. The topological polar surface area (TPSA) is 75.0 Å². The first-order valence-corrected chi connectivity index (χ1v) is 15.0. The minimum atomic E-state index is -1.75. The van der Waals surface area contributed by atoms with E-state index in [0.717, 1.165) is 0 Å². The first-order chi connectivity index (χ1) is 17.1. The summed E-state index contributed by atoms with van der Waals surface area (Å²) in [6, 6.07) is 0. The molecule has 0 amide bonds. The van der Waals surface area contributed by atoms with Gasteiger partial charge in [-0.2, -0.15) is 0 Å². The molecule has 0 radical (unpaired) electrons. The lowest BCUT2D eigenvalue weighted by molar-refractivity contribution is -0.696. The van der Waals surface area contributed by atoms with Crippen LogP contribution in [-0.2, 0) is 13.1 Å². The van der Waals surface area contributed by atoms with Crippen LogP contribution < -0.4 is 4.57 Å². The normalized spacial score (nSPS) is 10.8. The van der Waals surface area contributed by atoms with Crippen molar-refractivity contribution in [2.24, 2.45) is 0 Å². The molecule has 6 nitrogen and oxygen atoms in total. The average molecular weight is 496 g/mol. The van der Waals surface area contributed by atoms with Gasteiger partial charge in [-0.25, -0.2) is 9.13 Å². The van der Waals surface area contributed by atoms with E-state index in [1.165, 1.54) is 154 Å². The minimum Gasteiger partial charge on any atom is -0.356 e. The molecule has 0 bridgehead atoms. The molecule has 206 valence electrons. The van der Waals surface area contributed by atoms with E-state index in [-0.39, 0.29) is 0 Å². The summed E-state index contributed by atoms with van der Waals surface area (Å²) in [5.74, 6) is 0. The van der Waals surface area contributed by atoms with Crippen molar-refractivity contribution in [1.82, 2.24) is 4.57 Å². The fraction of sp³-hybridized carbons (Fsp3) is 0.897. The molecule has 1 heterocycles. The van der Waals surface area contributed by atoms with Crippen LogP contribution in [-0.4, -0.2) is 9.65 Å². The molecule has 0 saturated heterocycles. The molecule has 0 spiro atoms. The van der Waals surface area contributed by atoms with E-state index in [9.17, 15) is 0 Å². The largest absolute Gasteiger partial charge is 0.356 e. The van der Waals surface area contributed by atoms with Crippen LogP contribution in [0.2, 0.25) is 0 Å². The van der Waals surface area contributed by atoms with Crippen LogP contribution in [0.3, 0.4) is 0 Å². The monoisotopic (exact) mass is 495 g/mol. The summed E-state index contributed by atoms with van der Waals surface area (Å²) in [7, 11) is 0. The van der Waals surface area contributed by atoms with Gasteiger partial charge >= 0.3 is 0 Å². The maximum absolute atomic E-state index is 8.25. The highest BCUT2D eigenvalue weighted by atomic mass is 16.9. The van der Waals surface area contributed by atoms with Gasteiger partial charge in [0.15, 0.2) is 0 Å². The number of imidazole rings is 1. The zero-order valence-electron chi connectivity index (χ0n) is 23.3. The Morgan fingerprint density at radius 1 is 0.600 bits per heavy atom. The molecule has 1 rings (SSSR count). The summed E-state index contributed by atoms with van der Waals surface area (Å²) in [6.45, 7) is 6.98. The van der Waals surface area contributed by atoms with Crippen molar-refractivity contribution < 1.29 is 9.65 Å². The number of aromatic nitrogens is 2. The molecule has 1 aromatic heterocycles. The highest BCUT2D eigenvalue weighted by molar-refractivity contribution is 4.66. The second-order valence-electron chi connectivity index (χ2n) is 10.2. The summed E-state index contributed by atoms with van der Waals surface area (Å²) in [4.78, 5) is 8.25. The van der Waals surface area contributed by atoms with Crippen molar-refractivity contribution in [1.29, 1.82) is 0 Å². The molecule has 1 aromatic rings. The third kappa shape index (κ3) is 26.9. The van der Waals surface area contributed by atoms with Gasteiger partial charge in [0.2, 0.25) is 6.33 Å². The quantitative estimate of drug-likeness (QED) is 0.0620. The molecule has 0 aliphatic heterocycles. The number of nitrogens with zero attached hydrogens (tertiary/aromatic N) is 3. The Labute approximate surface area is 216 Å². The minimum absolute atomic E-state index is 1.19. The Morgan fingerprint density at radius 2 is 0.943 bits per heavy atom. The Kier molecular flexibility index (Phi) is 25.8. The van der Waals surface area contributed by atoms with Crippen molar-refractivity contribution in [3.63, 3.8) is 0 Å². The average Bonchev–Trinajstić information content (AvgIpc) is 3.28. The molecule has 0 aliphatic rings. The van der Waals surface area contributed by atoms with E-state index < -0.39 is 5.09 Å². The van der Waals surface area contributed by atoms with Gasteiger partial charge in [0.1, 0.15) is 12.4 Å². The molecule has 0 saturated carbocycles. The maximum Gasteiger partial charge on any atom is 0.243 e. The van der Waals surface area contributed by atoms with Gasteiger partial charge in [-0.3, -0.25) is 0 Å². The summed E-state index contributed by atoms with van der Waals surface area (Å²) >= 11 is 0. The van der Waals surface area contributed by atoms with Gasteiger partial charge < -0.3 is 15.3 Å². The highest BCUT2D eigenvalue weighted by Crippen LogP contribution is 2.13. The Balaban J connectivity index is 0.00000267. The SMILES string of the molecule is CCCCCCCCCCCCCCCCCC[n+]1ccn(CCCCCCCC)c1.O=[N+]([O-])[O-]. The smallest absolute Gasteiger partial charge is 0.243 e. The third-order valence-electron chi connectivity index (χ3n) is 6.79. The summed E-state index contributed by atoms with van der Waals surface area (Å²) in [5, 5.41) is 14.8. The lowest BCUT2D eigenvalue weighted by atomic mass is 10.0. The van der Waals surface area contributed by atoms with Crippen molar-refractivity contribution >= 4 is 0 Å². The van der Waals surface area contributed by atoms with Crippen LogP contribution in [0.5, 0.6) is 0 Å². The van der Waals surface area contributed by atoms with E-state index in [2.05, 4.69) is 41.7 Å². The first-order valence-electron chi connectivity index (χ1n) is 15.0. The van der Waals surface area contributed by atoms with Crippen molar-refractivity contribution in [3.8, 4) is 0 Å². The second kappa shape index (κ2) is 27.0. The van der Waals surface area contributed by atoms with Gasteiger partial charge in [-0.15, -0.1) is 0 Å². The zero-order valence-corrected chi connectivity index (χ0v) is 23.3. The van der Waals surface area contributed by atoms with E-state index in [0.29, 0.717) is 0 Å². The van der Waals surface area contributed by atoms with Gasteiger partial charge in [0.05, 0.1) is 18.2 Å². The molecule has 0 aliphatic carbocycles. The van der Waals surface area contributed by atoms with Crippen LogP contribution in [0, 0.1) is 15.3 Å². The molecule has 6 heteroatoms. The lowest BCUT2D eigenvalue weighted by Crippen LogP contribution is -2.30. The zero-order chi connectivity index (χ0) is 25.8. The summed E-state index contributed by atoms with van der Waals surface area (Å²) in [5.41, 5.74) is 0. The number of hydrogen-bond acceptors (Lipinski definition) is 3. The standard InChI is InChI=1S/C29H57N2.NO3/c1-3-5-7-9-11-12-13-14-15-16-17-18-19-20-22-24-26-31-28-27-30(29-31)25-23-21-10-8-6-4-2;2-1(3)4/h27-29H,3-26H2,1-2H3;/q+1;-1. The van der Waals surface area contributed by atoms with E-state index in [4.69, 9.17) is 15.3 Å². The van der Waals surface area contributed by atoms with Crippen LogP contribution in [0.25, 0.3) is 0 Å². The fourth-order valence-corrected chi connectivity index (χ4v) is 4.62. The van der Waals surface area contributed by atoms with Gasteiger partial charge in [-0.05, 0) is 25.7 Å². The van der Waals surface area contributed by atoms with Crippen LogP contribution in [0.1, 0.15) is 155 Å². The lowest BCUT2D eigenvalue weighted by Gasteiger charge is -2.03. The van der Waals surface area contributed by atoms with Gasteiger partial charge in [0.25, 0.3) is 0 Å². The van der Waals surface area contributed by atoms with Gasteiger partial charge in [-0.1, -0.05) is 129 Å².